The third kappa shape index (κ3) is 3.39. The SMILES string of the molecule is CCC1CN(Cc2cccc(F)c2C)CCN1C(C)C. The monoisotopic (exact) mass is 278 g/mol. The predicted octanol–water partition coefficient (Wildman–Crippen LogP) is 3.44. The maximum atomic E-state index is 13.6. The highest BCUT2D eigenvalue weighted by Crippen LogP contribution is 2.20. The van der Waals surface area contributed by atoms with Crippen LogP contribution in [-0.2, 0) is 6.54 Å². The van der Waals surface area contributed by atoms with E-state index in [0.717, 1.165) is 37.3 Å². The van der Waals surface area contributed by atoms with E-state index in [2.05, 4.69) is 30.6 Å². The first-order valence-electron chi connectivity index (χ1n) is 7.75. The van der Waals surface area contributed by atoms with Crippen LogP contribution >= 0.6 is 0 Å². The summed E-state index contributed by atoms with van der Waals surface area (Å²) in [5.41, 5.74) is 1.92. The lowest BCUT2D eigenvalue weighted by Crippen LogP contribution is -2.54. The molecule has 112 valence electrons. The van der Waals surface area contributed by atoms with Crippen molar-refractivity contribution in [1.82, 2.24) is 9.80 Å². The Balaban J connectivity index is 2.03. The fourth-order valence-corrected chi connectivity index (χ4v) is 3.19. The van der Waals surface area contributed by atoms with Crippen molar-refractivity contribution in [3.8, 4) is 0 Å². The average molecular weight is 278 g/mol. The van der Waals surface area contributed by atoms with Crippen molar-refractivity contribution in [2.45, 2.75) is 52.7 Å². The van der Waals surface area contributed by atoms with Gasteiger partial charge >= 0.3 is 0 Å². The van der Waals surface area contributed by atoms with Crippen LogP contribution in [0.4, 0.5) is 4.39 Å². The lowest BCUT2D eigenvalue weighted by atomic mass is 10.0. The maximum absolute atomic E-state index is 13.6. The van der Waals surface area contributed by atoms with Gasteiger partial charge in [0.25, 0.3) is 0 Å². The van der Waals surface area contributed by atoms with Crippen molar-refractivity contribution in [3.05, 3.63) is 35.1 Å². The predicted molar refractivity (Wildman–Crippen MR) is 82.3 cm³/mol. The van der Waals surface area contributed by atoms with E-state index in [1.807, 2.05) is 19.1 Å². The lowest BCUT2D eigenvalue weighted by Gasteiger charge is -2.43. The summed E-state index contributed by atoms with van der Waals surface area (Å²) >= 11 is 0. The van der Waals surface area contributed by atoms with Crippen LogP contribution < -0.4 is 0 Å². The van der Waals surface area contributed by atoms with Crippen LogP contribution in [0.15, 0.2) is 18.2 Å². The first-order valence-corrected chi connectivity index (χ1v) is 7.75. The molecule has 1 unspecified atom stereocenters. The van der Waals surface area contributed by atoms with Gasteiger partial charge in [-0.05, 0) is 44.4 Å². The molecular weight excluding hydrogens is 251 g/mol. The van der Waals surface area contributed by atoms with E-state index in [0.29, 0.717) is 12.1 Å². The Labute approximate surface area is 122 Å². The Morgan fingerprint density at radius 2 is 2.05 bits per heavy atom. The Morgan fingerprint density at radius 3 is 2.70 bits per heavy atom. The summed E-state index contributed by atoms with van der Waals surface area (Å²) in [6, 6.07) is 6.65. The molecule has 0 N–H and O–H groups in total. The summed E-state index contributed by atoms with van der Waals surface area (Å²) < 4.78 is 13.6. The minimum Gasteiger partial charge on any atom is -0.296 e. The Kier molecular flexibility index (Phi) is 5.17. The third-order valence-corrected chi connectivity index (χ3v) is 4.52. The number of piperazine rings is 1. The van der Waals surface area contributed by atoms with E-state index >= 15 is 0 Å². The van der Waals surface area contributed by atoms with Gasteiger partial charge in [-0.25, -0.2) is 4.39 Å². The molecule has 1 aromatic rings. The Hall–Kier alpha value is -0.930. The van der Waals surface area contributed by atoms with Crippen LogP contribution in [0, 0.1) is 12.7 Å². The first-order chi connectivity index (χ1) is 9.52. The highest BCUT2D eigenvalue weighted by Gasteiger charge is 2.27. The van der Waals surface area contributed by atoms with E-state index in [1.165, 1.54) is 6.42 Å². The zero-order chi connectivity index (χ0) is 14.7. The second-order valence-corrected chi connectivity index (χ2v) is 6.15. The zero-order valence-electron chi connectivity index (χ0n) is 13.2. The van der Waals surface area contributed by atoms with Gasteiger partial charge in [0, 0.05) is 38.3 Å². The fourth-order valence-electron chi connectivity index (χ4n) is 3.19. The average Bonchev–Trinajstić information content (AvgIpc) is 2.43. The molecule has 2 rings (SSSR count). The van der Waals surface area contributed by atoms with Crippen molar-refractivity contribution in [1.29, 1.82) is 0 Å². The molecule has 1 atom stereocenters. The molecule has 1 aliphatic heterocycles. The standard InChI is InChI=1S/C17H27FN2/c1-5-16-12-19(9-10-20(16)13(2)3)11-15-7-6-8-17(18)14(15)4/h6-8,13,16H,5,9-12H2,1-4H3. The number of halogens is 1. The molecule has 1 aromatic carbocycles. The summed E-state index contributed by atoms with van der Waals surface area (Å²) in [5.74, 6) is -0.0876. The van der Waals surface area contributed by atoms with Crippen LogP contribution in [-0.4, -0.2) is 41.5 Å². The van der Waals surface area contributed by atoms with Gasteiger partial charge in [-0.1, -0.05) is 19.1 Å². The number of hydrogen-bond acceptors (Lipinski definition) is 2. The van der Waals surface area contributed by atoms with Gasteiger partial charge in [-0.2, -0.15) is 0 Å². The molecule has 1 fully saturated rings. The van der Waals surface area contributed by atoms with Crippen LogP contribution in [0.5, 0.6) is 0 Å². The second kappa shape index (κ2) is 6.68. The van der Waals surface area contributed by atoms with E-state index in [9.17, 15) is 4.39 Å². The molecule has 0 radical (unpaired) electrons. The highest BCUT2D eigenvalue weighted by atomic mass is 19.1. The van der Waals surface area contributed by atoms with Crippen molar-refractivity contribution < 1.29 is 4.39 Å². The maximum Gasteiger partial charge on any atom is 0.126 e. The van der Waals surface area contributed by atoms with Crippen molar-refractivity contribution in [2.75, 3.05) is 19.6 Å². The molecule has 0 spiro atoms. The van der Waals surface area contributed by atoms with Crippen molar-refractivity contribution in [3.63, 3.8) is 0 Å². The van der Waals surface area contributed by atoms with E-state index < -0.39 is 0 Å². The van der Waals surface area contributed by atoms with E-state index in [-0.39, 0.29) is 5.82 Å². The van der Waals surface area contributed by atoms with Crippen LogP contribution in [0.1, 0.15) is 38.3 Å². The van der Waals surface area contributed by atoms with Gasteiger partial charge in [-0.15, -0.1) is 0 Å². The number of nitrogens with zero attached hydrogens (tertiary/aromatic N) is 2. The van der Waals surface area contributed by atoms with Gasteiger partial charge in [0.05, 0.1) is 0 Å². The molecular formula is C17H27FN2. The molecule has 1 heterocycles. The van der Waals surface area contributed by atoms with Gasteiger partial charge in [0.1, 0.15) is 5.82 Å². The minimum absolute atomic E-state index is 0.0876. The normalized spacial score (nSPS) is 21.6. The lowest BCUT2D eigenvalue weighted by molar-refractivity contribution is 0.0455. The molecule has 20 heavy (non-hydrogen) atoms. The summed E-state index contributed by atoms with van der Waals surface area (Å²) in [7, 11) is 0. The third-order valence-electron chi connectivity index (χ3n) is 4.52. The Morgan fingerprint density at radius 1 is 1.30 bits per heavy atom. The topological polar surface area (TPSA) is 6.48 Å². The molecule has 0 amide bonds. The van der Waals surface area contributed by atoms with Gasteiger partial charge in [0.2, 0.25) is 0 Å². The molecule has 0 aliphatic carbocycles. The molecule has 1 aliphatic rings. The van der Waals surface area contributed by atoms with Gasteiger partial charge in [-0.3, -0.25) is 9.80 Å². The largest absolute Gasteiger partial charge is 0.296 e. The summed E-state index contributed by atoms with van der Waals surface area (Å²) in [5, 5.41) is 0. The van der Waals surface area contributed by atoms with Gasteiger partial charge < -0.3 is 0 Å². The molecule has 1 saturated heterocycles. The van der Waals surface area contributed by atoms with Crippen LogP contribution in [0.3, 0.4) is 0 Å². The summed E-state index contributed by atoms with van der Waals surface area (Å²) in [6.07, 6.45) is 1.18. The number of hydrogen-bond donors (Lipinski definition) is 0. The van der Waals surface area contributed by atoms with Crippen LogP contribution in [0.2, 0.25) is 0 Å². The highest BCUT2D eigenvalue weighted by molar-refractivity contribution is 5.27. The van der Waals surface area contributed by atoms with Crippen LogP contribution in [0.25, 0.3) is 0 Å². The molecule has 3 heteroatoms. The van der Waals surface area contributed by atoms with Gasteiger partial charge in [0.15, 0.2) is 0 Å². The number of rotatable bonds is 4. The molecule has 0 bridgehead atoms. The Bertz CT molecular complexity index is 445. The quantitative estimate of drug-likeness (QED) is 0.832. The van der Waals surface area contributed by atoms with Crippen molar-refractivity contribution >= 4 is 0 Å². The number of benzene rings is 1. The minimum atomic E-state index is -0.0876. The molecule has 0 saturated carbocycles. The van der Waals surface area contributed by atoms with E-state index in [1.54, 1.807) is 6.07 Å². The fraction of sp³-hybridized carbons (Fsp3) is 0.647. The zero-order valence-corrected chi connectivity index (χ0v) is 13.2. The smallest absolute Gasteiger partial charge is 0.126 e. The summed E-state index contributed by atoms with van der Waals surface area (Å²) in [6.45, 7) is 12.8. The molecule has 0 aromatic heterocycles. The summed E-state index contributed by atoms with van der Waals surface area (Å²) in [4.78, 5) is 5.06. The second-order valence-electron chi connectivity index (χ2n) is 6.15. The first kappa shape index (κ1) is 15.5. The molecule has 2 nitrogen and oxygen atoms in total. The van der Waals surface area contributed by atoms with Crippen molar-refractivity contribution in [2.24, 2.45) is 0 Å². The van der Waals surface area contributed by atoms with E-state index in [4.69, 9.17) is 0 Å².